The Morgan fingerprint density at radius 3 is 2.83 bits per heavy atom. The molecule has 1 aromatic carbocycles. The van der Waals surface area contributed by atoms with Gasteiger partial charge in [-0.3, -0.25) is 4.57 Å². The van der Waals surface area contributed by atoms with Gasteiger partial charge in [0.2, 0.25) is 0 Å². The van der Waals surface area contributed by atoms with Crippen molar-refractivity contribution in [2.24, 2.45) is 0 Å². The fraction of sp³-hybridized carbons (Fsp3) is 0.143. The van der Waals surface area contributed by atoms with Crippen molar-refractivity contribution in [2.45, 2.75) is 12.8 Å². The lowest BCUT2D eigenvalue weighted by Crippen LogP contribution is -2.02. The van der Waals surface area contributed by atoms with E-state index < -0.39 is 0 Å². The highest BCUT2D eigenvalue weighted by molar-refractivity contribution is 6.17. The molecule has 90 valence electrons. The number of hydrogen-bond donors (Lipinski definition) is 0. The van der Waals surface area contributed by atoms with Crippen molar-refractivity contribution in [3.8, 4) is 5.82 Å². The van der Waals surface area contributed by atoms with Crippen LogP contribution in [0.4, 0.5) is 0 Å². The van der Waals surface area contributed by atoms with Crippen LogP contribution in [-0.2, 0) is 5.88 Å². The van der Waals surface area contributed by atoms with Crippen LogP contribution in [0.15, 0.2) is 42.7 Å². The number of aromatic nitrogens is 3. The van der Waals surface area contributed by atoms with Gasteiger partial charge in [0, 0.05) is 17.8 Å². The molecule has 2 heterocycles. The summed E-state index contributed by atoms with van der Waals surface area (Å²) in [6.45, 7) is 1.96. The summed E-state index contributed by atoms with van der Waals surface area (Å²) in [5.41, 5.74) is 0.874. The number of aryl methyl sites for hydroxylation is 1. The van der Waals surface area contributed by atoms with Gasteiger partial charge in [-0.05, 0) is 18.4 Å². The van der Waals surface area contributed by atoms with Crippen LogP contribution in [0.25, 0.3) is 16.6 Å². The number of hydrogen-bond acceptors (Lipinski definition) is 2. The van der Waals surface area contributed by atoms with Gasteiger partial charge in [-0.25, -0.2) is 9.97 Å². The fourth-order valence-corrected chi connectivity index (χ4v) is 2.23. The number of halogens is 1. The third-order valence-corrected chi connectivity index (χ3v) is 3.24. The number of benzene rings is 1. The van der Waals surface area contributed by atoms with Gasteiger partial charge in [-0.2, -0.15) is 0 Å². The second-order valence-corrected chi connectivity index (χ2v) is 4.40. The molecular weight excluding hydrogens is 246 g/mol. The molecule has 2 aromatic heterocycles. The zero-order valence-electron chi connectivity index (χ0n) is 9.97. The lowest BCUT2D eigenvalue weighted by atomic mass is 10.1. The SMILES string of the molecule is Cc1nccn1-c1nc(CCl)cc2ccccc12. The Kier molecular flexibility index (Phi) is 2.76. The molecule has 3 aromatic rings. The zero-order valence-corrected chi connectivity index (χ0v) is 10.7. The van der Waals surface area contributed by atoms with E-state index in [0.717, 1.165) is 28.1 Å². The van der Waals surface area contributed by atoms with Crippen molar-refractivity contribution in [3.05, 3.63) is 54.2 Å². The summed E-state index contributed by atoms with van der Waals surface area (Å²) < 4.78 is 1.98. The molecule has 0 N–H and O–H groups in total. The third-order valence-electron chi connectivity index (χ3n) is 2.96. The van der Waals surface area contributed by atoms with Gasteiger partial charge in [0.1, 0.15) is 11.6 Å². The first-order chi connectivity index (χ1) is 8.79. The predicted octanol–water partition coefficient (Wildman–Crippen LogP) is 3.47. The van der Waals surface area contributed by atoms with E-state index in [1.165, 1.54) is 0 Å². The van der Waals surface area contributed by atoms with Gasteiger partial charge in [0.05, 0.1) is 11.6 Å². The first-order valence-corrected chi connectivity index (χ1v) is 6.28. The minimum Gasteiger partial charge on any atom is -0.288 e. The van der Waals surface area contributed by atoms with Crippen molar-refractivity contribution in [2.75, 3.05) is 0 Å². The highest BCUT2D eigenvalue weighted by atomic mass is 35.5. The van der Waals surface area contributed by atoms with Crippen LogP contribution in [0, 0.1) is 6.92 Å². The molecule has 0 aliphatic carbocycles. The predicted molar refractivity (Wildman–Crippen MR) is 73.2 cm³/mol. The summed E-state index contributed by atoms with van der Waals surface area (Å²) in [6.07, 6.45) is 3.70. The molecule has 0 bridgehead atoms. The summed E-state index contributed by atoms with van der Waals surface area (Å²) in [6, 6.07) is 10.2. The van der Waals surface area contributed by atoms with Crippen LogP contribution in [0.3, 0.4) is 0 Å². The average molecular weight is 258 g/mol. The first-order valence-electron chi connectivity index (χ1n) is 5.74. The number of imidazole rings is 1. The number of pyridine rings is 1. The van der Waals surface area contributed by atoms with Gasteiger partial charge in [0.25, 0.3) is 0 Å². The largest absolute Gasteiger partial charge is 0.288 e. The molecule has 0 saturated carbocycles. The monoisotopic (exact) mass is 257 g/mol. The third kappa shape index (κ3) is 1.77. The highest BCUT2D eigenvalue weighted by Crippen LogP contribution is 2.23. The van der Waals surface area contributed by atoms with Crippen LogP contribution >= 0.6 is 11.6 Å². The van der Waals surface area contributed by atoms with Crippen molar-refractivity contribution < 1.29 is 0 Å². The standard InChI is InChI=1S/C14H12ClN3/c1-10-16-6-7-18(10)14-13-5-3-2-4-11(13)8-12(9-15)17-14/h2-8H,9H2,1H3. The summed E-state index contributed by atoms with van der Waals surface area (Å²) in [4.78, 5) is 8.86. The second kappa shape index (κ2) is 4.42. The molecule has 0 spiro atoms. The van der Waals surface area contributed by atoms with Gasteiger partial charge in [-0.15, -0.1) is 11.6 Å². The van der Waals surface area contributed by atoms with Crippen LogP contribution in [-0.4, -0.2) is 14.5 Å². The van der Waals surface area contributed by atoms with E-state index in [9.17, 15) is 0 Å². The topological polar surface area (TPSA) is 30.7 Å². The zero-order chi connectivity index (χ0) is 12.5. The van der Waals surface area contributed by atoms with E-state index in [1.54, 1.807) is 6.20 Å². The maximum atomic E-state index is 5.91. The summed E-state index contributed by atoms with van der Waals surface area (Å²) >= 11 is 5.91. The first kappa shape index (κ1) is 11.2. The summed E-state index contributed by atoms with van der Waals surface area (Å²) in [7, 11) is 0. The molecule has 3 rings (SSSR count). The quantitative estimate of drug-likeness (QED) is 0.658. The number of alkyl halides is 1. The van der Waals surface area contributed by atoms with Crippen molar-refractivity contribution in [1.29, 1.82) is 0 Å². The summed E-state index contributed by atoms with van der Waals surface area (Å²) in [5.74, 6) is 2.21. The minimum atomic E-state index is 0.408. The molecule has 3 nitrogen and oxygen atoms in total. The molecule has 0 fully saturated rings. The maximum Gasteiger partial charge on any atom is 0.146 e. The molecule has 0 saturated heterocycles. The fourth-order valence-electron chi connectivity index (χ4n) is 2.09. The Balaban J connectivity index is 2.36. The molecule has 4 heteroatoms. The molecule has 0 radical (unpaired) electrons. The van der Waals surface area contributed by atoms with E-state index in [2.05, 4.69) is 22.1 Å². The Labute approximate surface area is 110 Å². The lowest BCUT2D eigenvalue weighted by molar-refractivity contribution is 0.931. The minimum absolute atomic E-state index is 0.408. The van der Waals surface area contributed by atoms with Crippen molar-refractivity contribution >= 4 is 22.4 Å². The van der Waals surface area contributed by atoms with E-state index in [0.29, 0.717) is 5.88 Å². The van der Waals surface area contributed by atoms with Crippen LogP contribution in [0.1, 0.15) is 11.5 Å². The van der Waals surface area contributed by atoms with E-state index in [-0.39, 0.29) is 0 Å². The molecule has 18 heavy (non-hydrogen) atoms. The van der Waals surface area contributed by atoms with Gasteiger partial charge < -0.3 is 0 Å². The van der Waals surface area contributed by atoms with E-state index in [4.69, 9.17) is 11.6 Å². The van der Waals surface area contributed by atoms with Gasteiger partial charge in [0.15, 0.2) is 0 Å². The van der Waals surface area contributed by atoms with Crippen molar-refractivity contribution in [3.63, 3.8) is 0 Å². The van der Waals surface area contributed by atoms with Crippen LogP contribution in [0.5, 0.6) is 0 Å². The van der Waals surface area contributed by atoms with Crippen molar-refractivity contribution in [1.82, 2.24) is 14.5 Å². The Morgan fingerprint density at radius 2 is 2.11 bits per heavy atom. The lowest BCUT2D eigenvalue weighted by Gasteiger charge is -2.10. The normalized spacial score (nSPS) is 11.0. The second-order valence-electron chi connectivity index (χ2n) is 4.14. The van der Waals surface area contributed by atoms with Crippen LogP contribution < -0.4 is 0 Å². The van der Waals surface area contributed by atoms with E-state index >= 15 is 0 Å². The number of nitrogens with zero attached hydrogens (tertiary/aromatic N) is 3. The molecule has 0 aliphatic heterocycles. The molecule has 0 aliphatic rings. The smallest absolute Gasteiger partial charge is 0.146 e. The number of rotatable bonds is 2. The molecule has 0 amide bonds. The van der Waals surface area contributed by atoms with E-state index in [1.807, 2.05) is 35.9 Å². The van der Waals surface area contributed by atoms with Gasteiger partial charge in [-0.1, -0.05) is 24.3 Å². The number of fused-ring (bicyclic) bond motifs is 1. The average Bonchev–Trinajstić information content (AvgIpc) is 2.83. The Bertz CT molecular complexity index is 703. The van der Waals surface area contributed by atoms with Crippen LogP contribution in [0.2, 0.25) is 0 Å². The molecule has 0 unspecified atom stereocenters. The molecular formula is C14H12ClN3. The highest BCUT2D eigenvalue weighted by Gasteiger charge is 2.09. The Morgan fingerprint density at radius 1 is 1.28 bits per heavy atom. The molecule has 0 atom stereocenters. The van der Waals surface area contributed by atoms with Gasteiger partial charge >= 0.3 is 0 Å². The maximum absolute atomic E-state index is 5.91. The Hall–Kier alpha value is -1.87. The summed E-state index contributed by atoms with van der Waals surface area (Å²) in [5, 5.41) is 2.25.